The van der Waals surface area contributed by atoms with Crippen LogP contribution in [0.15, 0.2) is 60.7 Å². The molecular formula is C21H21ClN4. The van der Waals surface area contributed by atoms with Gasteiger partial charge in [0.15, 0.2) is 5.82 Å². The molecule has 2 aromatic carbocycles. The lowest BCUT2D eigenvalue weighted by atomic mass is 10.1. The molecule has 1 fully saturated rings. The van der Waals surface area contributed by atoms with Crippen molar-refractivity contribution in [1.29, 1.82) is 0 Å². The minimum atomic E-state index is 0.428. The zero-order valence-electron chi connectivity index (χ0n) is 14.5. The molecule has 0 bridgehead atoms. The second kappa shape index (κ2) is 7.75. The van der Waals surface area contributed by atoms with Crippen molar-refractivity contribution in [2.45, 2.75) is 19.3 Å². The highest BCUT2D eigenvalue weighted by Crippen LogP contribution is 2.31. The molecule has 0 spiro atoms. The molecule has 0 radical (unpaired) electrons. The maximum Gasteiger partial charge on any atom is 0.163 e. The van der Waals surface area contributed by atoms with Crippen molar-refractivity contribution in [2.24, 2.45) is 0 Å². The van der Waals surface area contributed by atoms with Gasteiger partial charge in [0.25, 0.3) is 0 Å². The molecule has 132 valence electrons. The van der Waals surface area contributed by atoms with Crippen LogP contribution in [0.5, 0.6) is 0 Å². The number of nitrogens with zero attached hydrogens (tertiary/aromatic N) is 3. The number of anilines is 3. The Balaban J connectivity index is 1.65. The fraction of sp³-hybridized carbons (Fsp3) is 0.238. The molecule has 0 unspecified atom stereocenters. The highest BCUT2D eigenvalue weighted by atomic mass is 35.5. The molecule has 0 amide bonds. The van der Waals surface area contributed by atoms with E-state index in [9.17, 15) is 0 Å². The monoisotopic (exact) mass is 364 g/mol. The van der Waals surface area contributed by atoms with Gasteiger partial charge in [-0.15, -0.1) is 0 Å². The summed E-state index contributed by atoms with van der Waals surface area (Å²) >= 11 is 6.25. The lowest BCUT2D eigenvalue weighted by molar-refractivity contribution is 0.578. The van der Waals surface area contributed by atoms with E-state index in [2.05, 4.69) is 38.4 Å². The number of rotatable bonds is 4. The minimum absolute atomic E-state index is 0.428. The van der Waals surface area contributed by atoms with Gasteiger partial charge in [-0.1, -0.05) is 54.1 Å². The lowest BCUT2D eigenvalue weighted by Gasteiger charge is -2.30. The van der Waals surface area contributed by atoms with Gasteiger partial charge in [-0.25, -0.2) is 9.97 Å². The number of nitrogens with one attached hydrogen (secondary N) is 1. The third kappa shape index (κ3) is 3.81. The van der Waals surface area contributed by atoms with Gasteiger partial charge in [-0.05, 0) is 31.4 Å². The van der Waals surface area contributed by atoms with E-state index in [-0.39, 0.29) is 0 Å². The molecular weight excluding hydrogens is 344 g/mol. The Kier molecular flexibility index (Phi) is 5.02. The second-order valence-electron chi connectivity index (χ2n) is 6.46. The third-order valence-corrected chi connectivity index (χ3v) is 4.78. The van der Waals surface area contributed by atoms with E-state index >= 15 is 0 Å². The van der Waals surface area contributed by atoms with Gasteiger partial charge in [0.2, 0.25) is 0 Å². The van der Waals surface area contributed by atoms with Crippen molar-refractivity contribution in [3.63, 3.8) is 0 Å². The van der Waals surface area contributed by atoms with Gasteiger partial charge in [0.1, 0.15) is 11.0 Å². The summed E-state index contributed by atoms with van der Waals surface area (Å²) in [7, 11) is 0. The predicted molar refractivity (Wildman–Crippen MR) is 108 cm³/mol. The molecule has 3 aromatic rings. The first kappa shape index (κ1) is 16.9. The number of aromatic nitrogens is 2. The Morgan fingerprint density at radius 1 is 0.846 bits per heavy atom. The first-order chi connectivity index (χ1) is 12.8. The summed E-state index contributed by atoms with van der Waals surface area (Å²) in [5.74, 6) is 1.32. The molecule has 1 aliphatic heterocycles. The van der Waals surface area contributed by atoms with Crippen molar-refractivity contribution >= 4 is 28.8 Å². The second-order valence-corrected chi connectivity index (χ2v) is 6.84. The van der Waals surface area contributed by atoms with Crippen LogP contribution in [-0.4, -0.2) is 23.1 Å². The highest BCUT2D eigenvalue weighted by Gasteiger charge is 2.15. The van der Waals surface area contributed by atoms with Gasteiger partial charge < -0.3 is 10.2 Å². The number of benzene rings is 2. The normalized spacial score (nSPS) is 14.3. The van der Waals surface area contributed by atoms with Crippen molar-refractivity contribution < 1.29 is 0 Å². The maximum atomic E-state index is 6.25. The van der Waals surface area contributed by atoms with E-state index in [0.29, 0.717) is 16.8 Å². The quantitative estimate of drug-likeness (QED) is 0.618. The molecule has 2 heterocycles. The van der Waals surface area contributed by atoms with Crippen molar-refractivity contribution in [2.75, 3.05) is 23.3 Å². The summed E-state index contributed by atoms with van der Waals surface area (Å²) in [5, 5.41) is 3.87. The molecule has 26 heavy (non-hydrogen) atoms. The summed E-state index contributed by atoms with van der Waals surface area (Å²) in [6.07, 6.45) is 3.80. The van der Waals surface area contributed by atoms with E-state index in [1.165, 1.54) is 24.9 Å². The predicted octanol–water partition coefficient (Wildman–Crippen LogP) is 5.53. The molecule has 1 N–H and O–H groups in total. The van der Waals surface area contributed by atoms with Gasteiger partial charge in [-0.2, -0.15) is 0 Å². The number of hydrogen-bond donors (Lipinski definition) is 1. The molecule has 1 aliphatic rings. The number of hydrogen-bond acceptors (Lipinski definition) is 4. The average Bonchev–Trinajstić information content (AvgIpc) is 2.69. The van der Waals surface area contributed by atoms with E-state index < -0.39 is 0 Å². The summed E-state index contributed by atoms with van der Waals surface area (Å²) < 4.78 is 0. The fourth-order valence-corrected chi connectivity index (χ4v) is 3.51. The standard InChI is InChI=1S/C21H21ClN4/c22-19-15-20(25-21(24-19)16-9-3-1-4-10-16)23-17-11-5-6-12-18(17)26-13-7-2-8-14-26/h1,3-6,9-12,15H,2,7-8,13-14H2,(H,23,24,25). The van der Waals surface area contributed by atoms with E-state index in [1.54, 1.807) is 6.07 Å². The number of halogens is 1. The van der Waals surface area contributed by atoms with E-state index in [0.717, 1.165) is 24.3 Å². The Morgan fingerprint density at radius 3 is 2.38 bits per heavy atom. The van der Waals surface area contributed by atoms with E-state index in [1.807, 2.05) is 36.4 Å². The summed E-state index contributed by atoms with van der Waals surface area (Å²) in [4.78, 5) is 11.5. The Morgan fingerprint density at radius 2 is 1.58 bits per heavy atom. The van der Waals surface area contributed by atoms with Gasteiger partial charge in [0, 0.05) is 24.7 Å². The zero-order valence-corrected chi connectivity index (χ0v) is 15.3. The molecule has 0 aliphatic carbocycles. The van der Waals surface area contributed by atoms with Crippen LogP contribution in [0.25, 0.3) is 11.4 Å². The van der Waals surface area contributed by atoms with Crippen LogP contribution in [0.1, 0.15) is 19.3 Å². The van der Waals surface area contributed by atoms with Crippen LogP contribution in [0, 0.1) is 0 Å². The Hall–Kier alpha value is -2.59. The zero-order chi connectivity index (χ0) is 17.8. The molecule has 1 saturated heterocycles. The Bertz CT molecular complexity index is 876. The minimum Gasteiger partial charge on any atom is -0.370 e. The molecule has 0 atom stereocenters. The van der Waals surface area contributed by atoms with Crippen LogP contribution < -0.4 is 10.2 Å². The van der Waals surface area contributed by atoms with Crippen LogP contribution in [0.2, 0.25) is 5.15 Å². The van der Waals surface area contributed by atoms with Crippen LogP contribution in [-0.2, 0) is 0 Å². The van der Waals surface area contributed by atoms with Crippen molar-refractivity contribution in [3.05, 3.63) is 65.8 Å². The average molecular weight is 365 g/mol. The topological polar surface area (TPSA) is 41.0 Å². The summed E-state index contributed by atoms with van der Waals surface area (Å²) in [6, 6.07) is 20.0. The Labute approximate surface area is 158 Å². The molecule has 4 nitrogen and oxygen atoms in total. The summed E-state index contributed by atoms with van der Waals surface area (Å²) in [5.41, 5.74) is 3.20. The first-order valence-corrected chi connectivity index (χ1v) is 9.38. The third-order valence-electron chi connectivity index (χ3n) is 4.59. The van der Waals surface area contributed by atoms with Gasteiger partial charge in [0.05, 0.1) is 11.4 Å². The van der Waals surface area contributed by atoms with Gasteiger partial charge >= 0.3 is 0 Å². The maximum absolute atomic E-state index is 6.25. The SMILES string of the molecule is Clc1cc(Nc2ccccc2N2CCCCC2)nc(-c2ccccc2)n1. The lowest BCUT2D eigenvalue weighted by Crippen LogP contribution is -2.29. The molecule has 5 heteroatoms. The molecule has 0 saturated carbocycles. The van der Waals surface area contributed by atoms with Crippen molar-refractivity contribution in [1.82, 2.24) is 9.97 Å². The molecule has 4 rings (SSSR count). The van der Waals surface area contributed by atoms with E-state index in [4.69, 9.17) is 11.6 Å². The van der Waals surface area contributed by atoms with Crippen LogP contribution in [0.4, 0.5) is 17.2 Å². The number of piperidine rings is 1. The first-order valence-electron chi connectivity index (χ1n) is 9.00. The largest absolute Gasteiger partial charge is 0.370 e. The highest BCUT2D eigenvalue weighted by molar-refractivity contribution is 6.29. The van der Waals surface area contributed by atoms with Crippen LogP contribution >= 0.6 is 11.6 Å². The summed E-state index contributed by atoms with van der Waals surface area (Å²) in [6.45, 7) is 2.19. The van der Waals surface area contributed by atoms with Gasteiger partial charge in [-0.3, -0.25) is 0 Å². The smallest absolute Gasteiger partial charge is 0.163 e. The molecule has 1 aromatic heterocycles. The van der Waals surface area contributed by atoms with Crippen molar-refractivity contribution in [3.8, 4) is 11.4 Å². The number of para-hydroxylation sites is 2. The fourth-order valence-electron chi connectivity index (χ4n) is 3.33. The van der Waals surface area contributed by atoms with Crippen LogP contribution in [0.3, 0.4) is 0 Å².